The van der Waals surface area contributed by atoms with E-state index in [9.17, 15) is 4.79 Å². The van der Waals surface area contributed by atoms with Crippen molar-refractivity contribution in [3.05, 3.63) is 60.2 Å². The van der Waals surface area contributed by atoms with Crippen molar-refractivity contribution in [1.29, 1.82) is 0 Å². The molecule has 3 N–H and O–H groups in total. The summed E-state index contributed by atoms with van der Waals surface area (Å²) < 4.78 is 0. The van der Waals surface area contributed by atoms with Gasteiger partial charge in [-0.25, -0.2) is 9.98 Å². The summed E-state index contributed by atoms with van der Waals surface area (Å²) in [7, 11) is 0. The summed E-state index contributed by atoms with van der Waals surface area (Å²) in [6.45, 7) is 4.49. The zero-order valence-corrected chi connectivity index (χ0v) is 16.4. The van der Waals surface area contributed by atoms with Gasteiger partial charge in [0.25, 0.3) is 0 Å². The van der Waals surface area contributed by atoms with Gasteiger partial charge in [-0.2, -0.15) is 0 Å². The van der Waals surface area contributed by atoms with Crippen LogP contribution in [0.1, 0.15) is 32.3 Å². The van der Waals surface area contributed by atoms with Crippen molar-refractivity contribution in [2.75, 3.05) is 0 Å². The molecule has 0 fully saturated rings. The third-order valence-corrected chi connectivity index (χ3v) is 4.99. The number of aromatic nitrogens is 1. The Hall–Kier alpha value is -3.21. The van der Waals surface area contributed by atoms with Crippen molar-refractivity contribution >= 4 is 29.0 Å². The van der Waals surface area contributed by atoms with Crippen LogP contribution >= 0.6 is 0 Å². The average molecular weight is 374 g/mol. The Labute approximate surface area is 165 Å². The predicted octanol–water partition coefficient (Wildman–Crippen LogP) is 4.57. The topological polar surface area (TPSA) is 80.4 Å². The first-order valence-corrected chi connectivity index (χ1v) is 9.64. The standard InChI is InChI=1S/C23H26N4O/c1-3-16(2)9-10-17-11-12-20-19(13-17)22(27-23(24)25-15-28)14-21(26-20)18-7-5-4-6-8-18/h4-8,11-16H,3,9-10H2,1-2H3,(H3,24,25,26,27,28). The van der Waals surface area contributed by atoms with Crippen LogP contribution in [0.3, 0.4) is 0 Å². The largest absolute Gasteiger partial charge is 0.369 e. The van der Waals surface area contributed by atoms with E-state index >= 15 is 0 Å². The minimum Gasteiger partial charge on any atom is -0.369 e. The van der Waals surface area contributed by atoms with Crippen molar-refractivity contribution in [3.63, 3.8) is 0 Å². The number of aliphatic imine (C=N–C) groups is 1. The van der Waals surface area contributed by atoms with Crippen molar-refractivity contribution in [3.8, 4) is 11.3 Å². The molecule has 28 heavy (non-hydrogen) atoms. The number of pyridine rings is 1. The first-order chi connectivity index (χ1) is 13.6. The highest BCUT2D eigenvalue weighted by molar-refractivity contribution is 5.97. The highest BCUT2D eigenvalue weighted by Gasteiger charge is 2.10. The number of guanidine groups is 1. The number of hydrogen-bond acceptors (Lipinski definition) is 3. The first kappa shape index (κ1) is 19.5. The number of nitrogens with zero attached hydrogens (tertiary/aromatic N) is 2. The zero-order valence-electron chi connectivity index (χ0n) is 16.4. The molecule has 0 aliphatic rings. The van der Waals surface area contributed by atoms with Crippen LogP contribution in [0, 0.1) is 5.92 Å². The summed E-state index contributed by atoms with van der Waals surface area (Å²) in [5, 5.41) is 3.33. The summed E-state index contributed by atoms with van der Waals surface area (Å²) in [6.07, 6.45) is 3.86. The molecule has 144 valence electrons. The maximum absolute atomic E-state index is 10.7. The van der Waals surface area contributed by atoms with Crippen LogP contribution in [-0.2, 0) is 11.2 Å². The van der Waals surface area contributed by atoms with Gasteiger partial charge in [-0.3, -0.25) is 10.1 Å². The lowest BCUT2D eigenvalue weighted by molar-refractivity contribution is -0.108. The maximum Gasteiger partial charge on any atom is 0.213 e. The Morgan fingerprint density at radius 3 is 2.71 bits per heavy atom. The van der Waals surface area contributed by atoms with Crippen molar-refractivity contribution in [2.45, 2.75) is 33.1 Å². The lowest BCUT2D eigenvalue weighted by Gasteiger charge is -2.11. The van der Waals surface area contributed by atoms with Crippen molar-refractivity contribution in [2.24, 2.45) is 16.6 Å². The monoisotopic (exact) mass is 374 g/mol. The number of rotatable bonds is 7. The smallest absolute Gasteiger partial charge is 0.213 e. The quantitative estimate of drug-likeness (QED) is 0.361. The fraction of sp³-hybridized carbons (Fsp3) is 0.261. The second kappa shape index (κ2) is 9.13. The molecule has 3 aromatic rings. The summed E-state index contributed by atoms with van der Waals surface area (Å²) in [5.74, 6) is 0.755. The molecule has 1 atom stereocenters. The molecule has 0 bridgehead atoms. The molecule has 2 aromatic carbocycles. The van der Waals surface area contributed by atoms with Gasteiger partial charge in [-0.15, -0.1) is 0 Å². The van der Waals surface area contributed by atoms with Gasteiger partial charge in [0.05, 0.1) is 16.9 Å². The van der Waals surface area contributed by atoms with E-state index in [1.54, 1.807) is 0 Å². The Balaban J connectivity index is 2.08. The number of amides is 1. The molecular formula is C23H26N4O. The van der Waals surface area contributed by atoms with Gasteiger partial charge in [0, 0.05) is 10.9 Å². The number of hydrogen-bond donors (Lipinski definition) is 2. The third-order valence-electron chi connectivity index (χ3n) is 4.99. The summed E-state index contributed by atoms with van der Waals surface area (Å²) in [6, 6.07) is 18.2. The molecule has 3 rings (SSSR count). The highest BCUT2D eigenvalue weighted by atomic mass is 16.1. The second-order valence-electron chi connectivity index (χ2n) is 7.06. The van der Waals surface area contributed by atoms with E-state index in [0.717, 1.165) is 35.0 Å². The Morgan fingerprint density at radius 1 is 1.21 bits per heavy atom. The summed E-state index contributed by atoms with van der Waals surface area (Å²) in [5.41, 5.74) is 10.5. The van der Waals surface area contributed by atoms with Crippen LogP contribution in [0.25, 0.3) is 22.2 Å². The fourth-order valence-electron chi connectivity index (χ4n) is 3.10. The molecule has 0 spiro atoms. The molecule has 0 saturated heterocycles. The van der Waals surface area contributed by atoms with E-state index in [-0.39, 0.29) is 5.96 Å². The van der Waals surface area contributed by atoms with Crippen LogP contribution in [0.4, 0.5) is 5.69 Å². The number of fused-ring (bicyclic) bond motifs is 1. The van der Waals surface area contributed by atoms with Crippen LogP contribution in [-0.4, -0.2) is 17.4 Å². The molecule has 0 radical (unpaired) electrons. The predicted molar refractivity (Wildman–Crippen MR) is 115 cm³/mol. The number of carbonyl (C=O) groups excluding carboxylic acids is 1. The molecule has 0 aliphatic heterocycles. The SMILES string of the molecule is CCC(C)CCc1ccc2nc(-c3ccccc3)cc(N=C(N)NC=O)c2c1. The molecule has 0 saturated carbocycles. The lowest BCUT2D eigenvalue weighted by atomic mass is 9.97. The Morgan fingerprint density at radius 2 is 2.00 bits per heavy atom. The van der Waals surface area contributed by atoms with Gasteiger partial charge < -0.3 is 5.73 Å². The molecule has 1 amide bonds. The summed E-state index contributed by atoms with van der Waals surface area (Å²) in [4.78, 5) is 19.9. The van der Waals surface area contributed by atoms with Gasteiger partial charge in [0.15, 0.2) is 5.96 Å². The van der Waals surface area contributed by atoms with Crippen LogP contribution in [0.5, 0.6) is 0 Å². The summed E-state index contributed by atoms with van der Waals surface area (Å²) >= 11 is 0. The number of benzene rings is 2. The maximum atomic E-state index is 10.7. The molecule has 1 heterocycles. The van der Waals surface area contributed by atoms with Gasteiger partial charge in [0.2, 0.25) is 6.41 Å². The first-order valence-electron chi connectivity index (χ1n) is 9.64. The molecule has 0 aliphatic carbocycles. The minimum absolute atomic E-state index is 0.0616. The van der Waals surface area contributed by atoms with Crippen LogP contribution in [0.15, 0.2) is 59.6 Å². The molecule has 1 aromatic heterocycles. The highest BCUT2D eigenvalue weighted by Crippen LogP contribution is 2.31. The van der Waals surface area contributed by atoms with E-state index in [1.165, 1.54) is 12.0 Å². The van der Waals surface area contributed by atoms with E-state index < -0.39 is 0 Å². The number of carbonyl (C=O) groups is 1. The van der Waals surface area contributed by atoms with Crippen molar-refractivity contribution < 1.29 is 4.79 Å². The molecule has 1 unspecified atom stereocenters. The van der Waals surface area contributed by atoms with Crippen LogP contribution in [0.2, 0.25) is 0 Å². The normalized spacial score (nSPS) is 12.7. The molecule has 5 heteroatoms. The lowest BCUT2D eigenvalue weighted by Crippen LogP contribution is -2.29. The Kier molecular flexibility index (Phi) is 6.37. The number of aryl methyl sites for hydroxylation is 1. The second-order valence-corrected chi connectivity index (χ2v) is 7.06. The number of nitrogens with one attached hydrogen (secondary N) is 1. The van der Waals surface area contributed by atoms with Gasteiger partial charge in [0.1, 0.15) is 0 Å². The minimum atomic E-state index is 0.0616. The third kappa shape index (κ3) is 4.74. The van der Waals surface area contributed by atoms with Gasteiger partial charge >= 0.3 is 0 Å². The van der Waals surface area contributed by atoms with Gasteiger partial charge in [-0.1, -0.05) is 56.7 Å². The average Bonchev–Trinajstić information content (AvgIpc) is 2.72. The van der Waals surface area contributed by atoms with Crippen LogP contribution < -0.4 is 11.1 Å². The molecular weight excluding hydrogens is 348 g/mol. The number of nitrogens with two attached hydrogens (primary N) is 1. The zero-order chi connectivity index (χ0) is 19.9. The van der Waals surface area contributed by atoms with E-state index in [2.05, 4.69) is 36.3 Å². The Bertz CT molecular complexity index is 983. The fourth-order valence-corrected chi connectivity index (χ4v) is 3.10. The van der Waals surface area contributed by atoms with Gasteiger partial charge in [-0.05, 0) is 42.5 Å². The van der Waals surface area contributed by atoms with E-state index in [4.69, 9.17) is 10.7 Å². The van der Waals surface area contributed by atoms with E-state index in [1.807, 2.05) is 42.5 Å². The molecule has 5 nitrogen and oxygen atoms in total. The van der Waals surface area contributed by atoms with E-state index in [0.29, 0.717) is 18.0 Å². The van der Waals surface area contributed by atoms with Crippen molar-refractivity contribution in [1.82, 2.24) is 10.3 Å².